The predicted molar refractivity (Wildman–Crippen MR) is 104 cm³/mol. The van der Waals surface area contributed by atoms with Crippen molar-refractivity contribution in [3.8, 4) is 5.75 Å². The first-order valence-electron chi connectivity index (χ1n) is 8.95. The number of hydrogen-bond acceptors (Lipinski definition) is 4. The number of carbonyl (C=O) groups excluding carboxylic acids is 1. The molecule has 1 saturated heterocycles. The minimum atomic E-state index is -0.339. The van der Waals surface area contributed by atoms with Crippen molar-refractivity contribution in [2.75, 3.05) is 26.3 Å². The van der Waals surface area contributed by atoms with E-state index in [-0.39, 0.29) is 29.6 Å². The second-order valence-corrected chi connectivity index (χ2v) is 6.85. The normalized spacial score (nSPS) is 16.9. The minimum absolute atomic E-state index is 0.149. The number of fused-ring (bicyclic) bond motifs is 1. The van der Waals surface area contributed by atoms with Crippen LogP contribution in [-0.4, -0.2) is 48.2 Å². The Morgan fingerprint density at radius 3 is 2.86 bits per heavy atom. The lowest BCUT2D eigenvalue weighted by molar-refractivity contribution is -0.0401. The number of ether oxygens (including phenoxy) is 2. The first-order valence-corrected chi connectivity index (χ1v) is 9.32. The van der Waals surface area contributed by atoms with Gasteiger partial charge in [0.05, 0.1) is 13.2 Å². The summed E-state index contributed by atoms with van der Waals surface area (Å²) in [4.78, 5) is 18.8. The van der Waals surface area contributed by atoms with Crippen LogP contribution in [0.5, 0.6) is 5.75 Å². The molecule has 0 spiro atoms. The van der Waals surface area contributed by atoms with Gasteiger partial charge in [0.25, 0.3) is 5.91 Å². The number of halogens is 2. The standard InChI is InChI=1S/C21H18ClFN2O3/c22-20-19(6-3-9-24-20)28-13-14-12-25(10-11-27-14)21(26)17-7-8-18(23)16-5-2-1-4-15(16)17/h1-9,14H,10-13H2. The lowest BCUT2D eigenvalue weighted by Gasteiger charge is -2.33. The van der Waals surface area contributed by atoms with Gasteiger partial charge in [-0.2, -0.15) is 0 Å². The molecule has 2 heterocycles. The Morgan fingerprint density at radius 2 is 2.04 bits per heavy atom. The maximum atomic E-state index is 14.1. The van der Waals surface area contributed by atoms with Crippen LogP contribution < -0.4 is 4.74 Å². The van der Waals surface area contributed by atoms with Crippen LogP contribution in [0.2, 0.25) is 5.15 Å². The number of amides is 1. The zero-order valence-electron chi connectivity index (χ0n) is 15.0. The van der Waals surface area contributed by atoms with Gasteiger partial charge in [-0.1, -0.05) is 35.9 Å². The average Bonchev–Trinajstić information content (AvgIpc) is 2.73. The van der Waals surface area contributed by atoms with Crippen molar-refractivity contribution in [2.24, 2.45) is 0 Å². The maximum Gasteiger partial charge on any atom is 0.254 e. The lowest BCUT2D eigenvalue weighted by atomic mass is 10.0. The van der Waals surface area contributed by atoms with E-state index in [2.05, 4.69) is 4.98 Å². The molecule has 0 radical (unpaired) electrons. The molecule has 1 aliphatic rings. The Morgan fingerprint density at radius 1 is 1.21 bits per heavy atom. The fourth-order valence-corrected chi connectivity index (χ4v) is 3.46. The van der Waals surface area contributed by atoms with Crippen molar-refractivity contribution in [2.45, 2.75) is 6.10 Å². The fourth-order valence-electron chi connectivity index (χ4n) is 3.29. The molecule has 28 heavy (non-hydrogen) atoms. The highest BCUT2D eigenvalue weighted by Crippen LogP contribution is 2.24. The topological polar surface area (TPSA) is 51.7 Å². The Balaban J connectivity index is 1.48. The van der Waals surface area contributed by atoms with E-state index in [1.807, 2.05) is 0 Å². The molecule has 0 N–H and O–H groups in total. The molecule has 2 aromatic carbocycles. The maximum absolute atomic E-state index is 14.1. The second kappa shape index (κ2) is 8.12. The zero-order valence-corrected chi connectivity index (χ0v) is 15.7. The molecule has 0 saturated carbocycles. The Labute approximate surface area is 166 Å². The van der Waals surface area contributed by atoms with Gasteiger partial charge in [-0.05, 0) is 29.7 Å². The predicted octanol–water partition coefficient (Wildman–Crippen LogP) is 3.95. The second-order valence-electron chi connectivity index (χ2n) is 6.49. The van der Waals surface area contributed by atoms with Crippen LogP contribution in [0, 0.1) is 5.82 Å². The molecule has 0 bridgehead atoms. The molecule has 1 amide bonds. The highest BCUT2D eigenvalue weighted by atomic mass is 35.5. The summed E-state index contributed by atoms with van der Waals surface area (Å²) in [6, 6.07) is 13.3. The molecular formula is C21H18ClFN2O3. The van der Waals surface area contributed by atoms with Gasteiger partial charge in [0.15, 0.2) is 10.9 Å². The van der Waals surface area contributed by atoms with Crippen LogP contribution in [0.15, 0.2) is 54.7 Å². The third-order valence-corrected chi connectivity index (χ3v) is 4.96. The summed E-state index contributed by atoms with van der Waals surface area (Å²) in [6.45, 7) is 1.50. The SMILES string of the molecule is O=C(c1ccc(F)c2ccccc12)N1CCOC(COc2cccnc2Cl)C1. The fraction of sp³-hybridized carbons (Fsp3) is 0.238. The molecule has 5 nitrogen and oxygen atoms in total. The van der Waals surface area contributed by atoms with Crippen LogP contribution in [0.1, 0.15) is 10.4 Å². The Bertz CT molecular complexity index is 1010. The Hall–Kier alpha value is -2.70. The third-order valence-electron chi connectivity index (χ3n) is 4.68. The summed E-state index contributed by atoms with van der Waals surface area (Å²) >= 11 is 6.00. The number of benzene rings is 2. The van der Waals surface area contributed by atoms with E-state index in [0.29, 0.717) is 41.8 Å². The van der Waals surface area contributed by atoms with Crippen LogP contribution in [0.4, 0.5) is 4.39 Å². The molecule has 1 aliphatic heterocycles. The zero-order chi connectivity index (χ0) is 19.5. The Kier molecular flexibility index (Phi) is 5.41. The van der Waals surface area contributed by atoms with E-state index in [1.54, 1.807) is 47.5 Å². The van der Waals surface area contributed by atoms with Crippen molar-refractivity contribution < 1.29 is 18.7 Å². The van der Waals surface area contributed by atoms with Gasteiger partial charge >= 0.3 is 0 Å². The molecular weight excluding hydrogens is 383 g/mol. The number of nitrogens with zero attached hydrogens (tertiary/aromatic N) is 2. The summed E-state index contributed by atoms with van der Waals surface area (Å²) in [5.74, 6) is -0.0154. The molecule has 1 aromatic heterocycles. The number of rotatable bonds is 4. The third kappa shape index (κ3) is 3.79. The van der Waals surface area contributed by atoms with Gasteiger partial charge < -0.3 is 14.4 Å². The van der Waals surface area contributed by atoms with Gasteiger partial charge in [-0.15, -0.1) is 0 Å². The first kappa shape index (κ1) is 18.7. The van der Waals surface area contributed by atoms with Gasteiger partial charge in [-0.3, -0.25) is 4.79 Å². The van der Waals surface area contributed by atoms with Crippen LogP contribution in [-0.2, 0) is 4.74 Å². The molecule has 1 atom stereocenters. The molecule has 7 heteroatoms. The number of carbonyl (C=O) groups is 1. The quantitative estimate of drug-likeness (QED) is 0.622. The summed E-state index contributed by atoms with van der Waals surface area (Å²) in [5.41, 5.74) is 0.480. The molecule has 1 fully saturated rings. The highest BCUT2D eigenvalue weighted by molar-refractivity contribution is 6.30. The summed E-state index contributed by atoms with van der Waals surface area (Å²) in [7, 11) is 0. The van der Waals surface area contributed by atoms with Crippen LogP contribution in [0.3, 0.4) is 0 Å². The summed E-state index contributed by atoms with van der Waals surface area (Å²) < 4.78 is 25.5. The molecule has 4 rings (SSSR count). The van der Waals surface area contributed by atoms with Crippen LogP contribution >= 0.6 is 11.6 Å². The van der Waals surface area contributed by atoms with Gasteiger partial charge in [0, 0.05) is 23.7 Å². The van der Waals surface area contributed by atoms with Crippen molar-refractivity contribution in [1.29, 1.82) is 0 Å². The van der Waals surface area contributed by atoms with Gasteiger partial charge in [0.1, 0.15) is 18.5 Å². The molecule has 1 unspecified atom stereocenters. The van der Waals surface area contributed by atoms with E-state index in [1.165, 1.54) is 12.1 Å². The van der Waals surface area contributed by atoms with Gasteiger partial charge in [0.2, 0.25) is 0 Å². The van der Waals surface area contributed by atoms with Crippen molar-refractivity contribution >= 4 is 28.3 Å². The van der Waals surface area contributed by atoms with Crippen LogP contribution in [0.25, 0.3) is 10.8 Å². The molecule has 3 aromatic rings. The van der Waals surface area contributed by atoms with Gasteiger partial charge in [-0.25, -0.2) is 9.37 Å². The van der Waals surface area contributed by atoms with E-state index < -0.39 is 0 Å². The first-order chi connectivity index (χ1) is 13.6. The van der Waals surface area contributed by atoms with Crippen molar-refractivity contribution in [1.82, 2.24) is 9.88 Å². The smallest absolute Gasteiger partial charge is 0.254 e. The van der Waals surface area contributed by atoms with E-state index in [4.69, 9.17) is 21.1 Å². The van der Waals surface area contributed by atoms with E-state index in [0.717, 1.165) is 0 Å². The summed E-state index contributed by atoms with van der Waals surface area (Å²) in [6.07, 6.45) is 1.29. The largest absolute Gasteiger partial charge is 0.488 e. The van der Waals surface area contributed by atoms with E-state index in [9.17, 15) is 9.18 Å². The number of morpholine rings is 1. The molecule has 144 valence electrons. The highest BCUT2D eigenvalue weighted by Gasteiger charge is 2.27. The molecule has 0 aliphatic carbocycles. The van der Waals surface area contributed by atoms with Crippen molar-refractivity contribution in [3.63, 3.8) is 0 Å². The lowest BCUT2D eigenvalue weighted by Crippen LogP contribution is -2.47. The number of aromatic nitrogens is 1. The minimum Gasteiger partial charge on any atom is -0.488 e. The average molecular weight is 401 g/mol. The number of hydrogen-bond donors (Lipinski definition) is 0. The van der Waals surface area contributed by atoms with Crippen molar-refractivity contribution in [3.05, 3.63) is 71.3 Å². The monoisotopic (exact) mass is 400 g/mol. The number of pyridine rings is 1. The van der Waals surface area contributed by atoms with E-state index >= 15 is 0 Å². The summed E-state index contributed by atoms with van der Waals surface area (Å²) in [5, 5.41) is 1.32.